The number of amides is 2. The summed E-state index contributed by atoms with van der Waals surface area (Å²) < 4.78 is 38.2. The average molecular weight is 799 g/mol. The van der Waals surface area contributed by atoms with Gasteiger partial charge in [0, 0.05) is 62.3 Å². The number of hydrogen-bond donors (Lipinski definition) is 1. The zero-order valence-corrected chi connectivity index (χ0v) is 36.9. The van der Waals surface area contributed by atoms with Gasteiger partial charge in [-0.1, -0.05) is 32.9 Å². The van der Waals surface area contributed by atoms with E-state index in [2.05, 4.69) is 62.8 Å². The van der Waals surface area contributed by atoms with Crippen LogP contribution < -0.4 is 15.0 Å². The third kappa shape index (κ3) is 10.8. The van der Waals surface area contributed by atoms with Gasteiger partial charge in [-0.25, -0.2) is 9.18 Å². The summed E-state index contributed by atoms with van der Waals surface area (Å²) in [5.74, 6) is 0.679. The molecule has 2 aromatic rings. The number of ether oxygens (including phenoxy) is 3. The second-order valence-corrected chi connectivity index (χ2v) is 23.4. The Bertz CT molecular complexity index is 1660. The number of pyridine rings is 1. The van der Waals surface area contributed by atoms with E-state index in [0.29, 0.717) is 76.4 Å². The van der Waals surface area contributed by atoms with Crippen LogP contribution in [0.2, 0.25) is 18.1 Å². The Labute approximate surface area is 335 Å². The fourth-order valence-corrected chi connectivity index (χ4v) is 8.48. The molecule has 1 N–H and O–H groups in total. The summed E-state index contributed by atoms with van der Waals surface area (Å²) >= 11 is 0. The molecule has 2 fully saturated rings. The maximum absolute atomic E-state index is 14.7. The van der Waals surface area contributed by atoms with Crippen molar-refractivity contribution < 1.29 is 32.6 Å². The Hall–Kier alpha value is -3.30. The molecule has 5 atom stereocenters. The highest BCUT2D eigenvalue weighted by molar-refractivity contribution is 6.74. The molecular weight excluding hydrogens is 732 g/mol. The van der Waals surface area contributed by atoms with Crippen molar-refractivity contribution in [3.8, 4) is 5.88 Å². The zero-order valence-electron chi connectivity index (χ0n) is 35.9. The molecule has 1 aromatic carbocycles. The molecule has 56 heavy (non-hydrogen) atoms. The van der Waals surface area contributed by atoms with Gasteiger partial charge in [0.2, 0.25) is 11.8 Å². The lowest BCUT2D eigenvalue weighted by molar-refractivity contribution is -0.123. The van der Waals surface area contributed by atoms with Crippen molar-refractivity contribution in [3.63, 3.8) is 0 Å². The van der Waals surface area contributed by atoms with Gasteiger partial charge in [0.25, 0.3) is 0 Å². The monoisotopic (exact) mass is 798 g/mol. The Kier molecular flexibility index (Phi) is 13.8. The summed E-state index contributed by atoms with van der Waals surface area (Å²) in [6.07, 6.45) is 0.139. The molecule has 0 unspecified atom stereocenters. The Balaban J connectivity index is 1.42. The molecule has 14 heteroatoms. The molecule has 3 aliphatic rings. The van der Waals surface area contributed by atoms with Crippen molar-refractivity contribution in [1.29, 1.82) is 0 Å². The van der Waals surface area contributed by atoms with Crippen molar-refractivity contribution in [3.05, 3.63) is 47.3 Å². The minimum absolute atomic E-state index is 0.0638. The van der Waals surface area contributed by atoms with Crippen LogP contribution >= 0.6 is 0 Å². The van der Waals surface area contributed by atoms with Gasteiger partial charge in [0.15, 0.2) is 8.32 Å². The van der Waals surface area contributed by atoms with Crippen LogP contribution in [0.3, 0.4) is 0 Å². The van der Waals surface area contributed by atoms with Crippen LogP contribution in [0.1, 0.15) is 80.4 Å². The molecule has 0 spiro atoms. The maximum atomic E-state index is 14.7. The van der Waals surface area contributed by atoms with E-state index in [-0.39, 0.29) is 59.6 Å². The van der Waals surface area contributed by atoms with E-state index in [4.69, 9.17) is 23.6 Å². The Morgan fingerprint density at radius 1 is 0.946 bits per heavy atom. The lowest BCUT2D eigenvalue weighted by atomic mass is 10.0. The smallest absolute Gasteiger partial charge is 0.410 e. The first-order chi connectivity index (χ1) is 26.1. The summed E-state index contributed by atoms with van der Waals surface area (Å²) in [6.45, 7) is 29.5. The Morgan fingerprint density at radius 2 is 1.61 bits per heavy atom. The molecule has 2 saturated heterocycles. The van der Waals surface area contributed by atoms with Crippen molar-refractivity contribution in [1.82, 2.24) is 19.7 Å². The topological polar surface area (TPSA) is 109 Å². The number of nitrogens with zero attached hydrogens (tertiary/aromatic N) is 5. The van der Waals surface area contributed by atoms with Crippen LogP contribution in [0.15, 0.2) is 30.3 Å². The standard InChI is InChI=1S/C42H67FN6O6Si/c1-28-21-46(35(22-47-29(2)25-52-26-30(47)3)23-48(28)40(51)55-41(5,6)7)24-37(50)49-31(4)27-53-39-36(49)20-33(19-32-13-15-34(43)16-14-32)38(45-39)44-17-18-54-56(11,12)42(8,9)10/h13-16,20,28-31,35H,17-19,21-27H2,1-12H3,(H,44,45)/t28-,29-,30-,31+,35+/m1/s1. The number of carbonyl (C=O) groups is 2. The van der Waals surface area contributed by atoms with Gasteiger partial charge in [0.1, 0.15) is 29.5 Å². The summed E-state index contributed by atoms with van der Waals surface area (Å²) in [5, 5.41) is 3.58. The van der Waals surface area contributed by atoms with Crippen molar-refractivity contribution in [2.24, 2.45) is 0 Å². The van der Waals surface area contributed by atoms with Gasteiger partial charge in [-0.2, -0.15) is 4.98 Å². The van der Waals surface area contributed by atoms with E-state index >= 15 is 0 Å². The van der Waals surface area contributed by atoms with Crippen LogP contribution in [-0.2, 0) is 25.1 Å². The SMILES string of the molecule is C[C@@H]1CN(CC(=O)N2c3cc(Cc4ccc(F)cc4)c(NCCO[Si](C)(C)C(C)(C)C)nc3OC[C@@H]2C)[C@@H](CN2[C@H](C)COC[C@H]2C)CN1C(=O)OC(C)(C)C. The number of aromatic nitrogens is 1. The van der Waals surface area contributed by atoms with Crippen molar-refractivity contribution in [2.75, 3.05) is 69.4 Å². The molecule has 312 valence electrons. The molecular formula is C42H67FN6O6Si. The molecule has 12 nitrogen and oxygen atoms in total. The summed E-state index contributed by atoms with van der Waals surface area (Å²) in [5.41, 5.74) is 1.78. The van der Waals surface area contributed by atoms with Gasteiger partial charge < -0.3 is 33.8 Å². The molecule has 1 aromatic heterocycles. The van der Waals surface area contributed by atoms with E-state index < -0.39 is 13.9 Å². The second kappa shape index (κ2) is 17.7. The lowest BCUT2D eigenvalue weighted by Gasteiger charge is -2.49. The van der Waals surface area contributed by atoms with Gasteiger partial charge in [-0.05, 0) is 90.4 Å². The third-order valence-corrected chi connectivity index (χ3v) is 16.2. The predicted octanol–water partition coefficient (Wildman–Crippen LogP) is 6.78. The molecule has 4 heterocycles. The molecule has 0 bridgehead atoms. The first-order valence-electron chi connectivity index (χ1n) is 20.3. The summed E-state index contributed by atoms with van der Waals surface area (Å²) in [6, 6.07) is 8.33. The number of benzene rings is 1. The van der Waals surface area contributed by atoms with E-state index in [1.54, 1.807) is 12.1 Å². The van der Waals surface area contributed by atoms with Crippen LogP contribution in [0.4, 0.5) is 20.7 Å². The quantitative estimate of drug-likeness (QED) is 0.193. The first kappa shape index (κ1) is 43.8. The normalized spacial score (nSPS) is 24.1. The van der Waals surface area contributed by atoms with Gasteiger partial charge in [-0.3, -0.25) is 14.6 Å². The number of anilines is 2. The number of piperazine rings is 1. The number of rotatable bonds is 11. The molecule has 0 radical (unpaired) electrons. The number of carbonyl (C=O) groups excluding carboxylic acids is 2. The minimum Gasteiger partial charge on any atom is -0.474 e. The molecule has 0 saturated carbocycles. The van der Waals surface area contributed by atoms with E-state index in [1.165, 1.54) is 12.1 Å². The summed E-state index contributed by atoms with van der Waals surface area (Å²) in [4.78, 5) is 41.4. The fourth-order valence-electron chi connectivity index (χ4n) is 7.44. The molecule has 0 aliphatic carbocycles. The highest BCUT2D eigenvalue weighted by atomic mass is 28.4. The highest BCUT2D eigenvalue weighted by Gasteiger charge is 2.42. The number of nitrogens with one attached hydrogen (secondary N) is 1. The Morgan fingerprint density at radius 3 is 2.23 bits per heavy atom. The van der Waals surface area contributed by atoms with Gasteiger partial charge in [-0.15, -0.1) is 0 Å². The average Bonchev–Trinajstić information content (AvgIpc) is 3.09. The largest absolute Gasteiger partial charge is 0.474 e. The van der Waals surface area contributed by atoms with Gasteiger partial charge in [0.05, 0.1) is 32.4 Å². The van der Waals surface area contributed by atoms with Gasteiger partial charge >= 0.3 is 6.09 Å². The molecule has 2 amide bonds. The number of fused-ring (bicyclic) bond motifs is 1. The van der Waals surface area contributed by atoms with E-state index in [0.717, 1.165) is 11.1 Å². The van der Waals surface area contributed by atoms with Crippen LogP contribution in [0, 0.1) is 5.82 Å². The first-order valence-corrected chi connectivity index (χ1v) is 23.2. The predicted molar refractivity (Wildman–Crippen MR) is 222 cm³/mol. The second-order valence-electron chi connectivity index (χ2n) is 18.6. The number of hydrogen-bond acceptors (Lipinski definition) is 10. The molecule has 5 rings (SSSR count). The van der Waals surface area contributed by atoms with Crippen LogP contribution in [0.5, 0.6) is 5.88 Å². The maximum Gasteiger partial charge on any atom is 0.410 e. The van der Waals surface area contributed by atoms with Crippen molar-refractivity contribution >= 4 is 31.8 Å². The lowest BCUT2D eigenvalue weighted by Crippen LogP contribution is -2.65. The van der Waals surface area contributed by atoms with Crippen molar-refractivity contribution in [2.45, 2.75) is 130 Å². The van der Waals surface area contributed by atoms with Crippen LogP contribution in [-0.4, -0.2) is 135 Å². The number of halogens is 1. The van der Waals surface area contributed by atoms with E-state index in [1.807, 2.05) is 50.5 Å². The third-order valence-electron chi connectivity index (χ3n) is 11.6. The highest BCUT2D eigenvalue weighted by Crippen LogP contribution is 2.38. The number of morpholine rings is 1. The summed E-state index contributed by atoms with van der Waals surface area (Å²) in [7, 11) is -1.95. The fraction of sp³-hybridized carbons (Fsp3) is 0.690. The molecule has 3 aliphatic heterocycles. The van der Waals surface area contributed by atoms with Crippen LogP contribution in [0.25, 0.3) is 0 Å². The zero-order chi connectivity index (χ0) is 41.2. The minimum atomic E-state index is -1.95. The van der Waals surface area contributed by atoms with E-state index in [9.17, 15) is 14.0 Å².